The molecule has 1 heterocycles. The number of nitrogens with one attached hydrogen (secondary N) is 2. The van der Waals surface area contributed by atoms with Gasteiger partial charge in [0.05, 0.1) is 0 Å². The van der Waals surface area contributed by atoms with Crippen molar-refractivity contribution in [1.29, 1.82) is 0 Å². The van der Waals surface area contributed by atoms with E-state index in [0.717, 1.165) is 23.8 Å². The van der Waals surface area contributed by atoms with Gasteiger partial charge in [-0.3, -0.25) is 14.5 Å². The minimum absolute atomic E-state index is 0.144. The molecule has 6 heteroatoms. The number of benzene rings is 2. The van der Waals surface area contributed by atoms with E-state index in [1.807, 2.05) is 24.5 Å². The van der Waals surface area contributed by atoms with Gasteiger partial charge in [-0.25, -0.2) is 0 Å². The van der Waals surface area contributed by atoms with Crippen LogP contribution in [0.2, 0.25) is 0 Å². The summed E-state index contributed by atoms with van der Waals surface area (Å²) in [6, 6.07) is 17.0. The molecule has 1 saturated heterocycles. The summed E-state index contributed by atoms with van der Waals surface area (Å²) < 4.78 is 0. The van der Waals surface area contributed by atoms with Gasteiger partial charge >= 0.3 is 0 Å². The molecule has 0 aromatic heterocycles. The fraction of sp³-hybridized carbons (Fsp3) is 0.462. The van der Waals surface area contributed by atoms with Crippen LogP contribution in [-0.4, -0.2) is 47.9 Å². The molecule has 32 heavy (non-hydrogen) atoms. The maximum atomic E-state index is 12.8. The Hall–Kier alpha value is -2.31. The van der Waals surface area contributed by atoms with Crippen molar-refractivity contribution in [2.75, 3.05) is 25.1 Å². The summed E-state index contributed by atoms with van der Waals surface area (Å²) in [7, 11) is 0. The molecule has 1 aliphatic heterocycles. The zero-order chi connectivity index (χ0) is 22.8. The van der Waals surface area contributed by atoms with E-state index < -0.39 is 6.04 Å². The quantitative estimate of drug-likeness (QED) is 0.569. The molecule has 0 bridgehead atoms. The van der Waals surface area contributed by atoms with Crippen LogP contribution in [0.4, 0.5) is 0 Å². The third-order valence-electron chi connectivity index (χ3n) is 6.04. The Bertz CT molecular complexity index is 849. The Balaban J connectivity index is 1.50. The Morgan fingerprint density at radius 1 is 1.03 bits per heavy atom. The Kier molecular flexibility index (Phi) is 9.62. The van der Waals surface area contributed by atoms with Crippen LogP contribution in [0.5, 0.6) is 0 Å². The van der Waals surface area contributed by atoms with E-state index in [4.69, 9.17) is 0 Å². The van der Waals surface area contributed by atoms with E-state index in [1.165, 1.54) is 31.5 Å². The van der Waals surface area contributed by atoms with Gasteiger partial charge in [0.1, 0.15) is 6.04 Å². The second kappa shape index (κ2) is 12.7. The summed E-state index contributed by atoms with van der Waals surface area (Å²) in [6.45, 7) is 6.12. The van der Waals surface area contributed by atoms with Gasteiger partial charge < -0.3 is 10.6 Å². The Morgan fingerprint density at radius 2 is 1.69 bits per heavy atom. The Labute approximate surface area is 196 Å². The van der Waals surface area contributed by atoms with E-state index in [0.29, 0.717) is 18.5 Å². The molecule has 1 aliphatic rings. The van der Waals surface area contributed by atoms with Crippen molar-refractivity contribution in [2.45, 2.75) is 45.3 Å². The number of carbonyl (C=O) groups is 2. The summed E-state index contributed by atoms with van der Waals surface area (Å²) in [6.07, 6.45) is 5.16. The van der Waals surface area contributed by atoms with Crippen LogP contribution >= 0.6 is 11.8 Å². The SMILES string of the molecule is CSCC[C@@H](NC(=O)c1ccccc1)C(=O)NCc1ccc(CN2CCC(C)CC2)cc1. The third kappa shape index (κ3) is 7.68. The molecule has 2 amide bonds. The van der Waals surface area contributed by atoms with Gasteiger partial charge in [0.15, 0.2) is 0 Å². The molecule has 3 rings (SSSR count). The van der Waals surface area contributed by atoms with Crippen LogP contribution in [0.15, 0.2) is 54.6 Å². The number of rotatable bonds is 10. The normalized spacial score (nSPS) is 15.8. The number of hydrogen-bond donors (Lipinski definition) is 2. The number of piperidine rings is 1. The zero-order valence-corrected chi connectivity index (χ0v) is 20.0. The van der Waals surface area contributed by atoms with E-state index >= 15 is 0 Å². The third-order valence-corrected chi connectivity index (χ3v) is 6.68. The lowest BCUT2D eigenvalue weighted by Gasteiger charge is -2.30. The molecule has 1 atom stereocenters. The predicted octanol–water partition coefficient (Wildman–Crippen LogP) is 4.09. The summed E-state index contributed by atoms with van der Waals surface area (Å²) in [5.41, 5.74) is 2.93. The molecule has 1 fully saturated rings. The van der Waals surface area contributed by atoms with Crippen molar-refractivity contribution in [1.82, 2.24) is 15.5 Å². The smallest absolute Gasteiger partial charge is 0.251 e. The van der Waals surface area contributed by atoms with Gasteiger partial charge in [0.2, 0.25) is 5.91 Å². The van der Waals surface area contributed by atoms with Crippen LogP contribution in [0.3, 0.4) is 0 Å². The number of hydrogen-bond acceptors (Lipinski definition) is 4. The molecule has 2 aromatic rings. The number of likely N-dealkylation sites (tertiary alicyclic amines) is 1. The average molecular weight is 454 g/mol. The van der Waals surface area contributed by atoms with Crippen LogP contribution in [0.1, 0.15) is 47.7 Å². The second-order valence-electron chi connectivity index (χ2n) is 8.67. The molecule has 2 N–H and O–H groups in total. The maximum Gasteiger partial charge on any atom is 0.251 e. The monoisotopic (exact) mass is 453 g/mol. The molecule has 0 unspecified atom stereocenters. The van der Waals surface area contributed by atoms with Crippen molar-refractivity contribution >= 4 is 23.6 Å². The molecular weight excluding hydrogens is 418 g/mol. The molecule has 5 nitrogen and oxygen atoms in total. The van der Waals surface area contributed by atoms with Crippen molar-refractivity contribution in [3.63, 3.8) is 0 Å². The van der Waals surface area contributed by atoms with Gasteiger partial charge in [-0.1, -0.05) is 49.4 Å². The lowest BCUT2D eigenvalue weighted by Crippen LogP contribution is -2.46. The molecule has 0 aliphatic carbocycles. The highest BCUT2D eigenvalue weighted by Crippen LogP contribution is 2.18. The van der Waals surface area contributed by atoms with Crippen LogP contribution in [0.25, 0.3) is 0 Å². The highest BCUT2D eigenvalue weighted by Gasteiger charge is 2.21. The average Bonchev–Trinajstić information content (AvgIpc) is 2.83. The first-order valence-electron chi connectivity index (χ1n) is 11.5. The summed E-state index contributed by atoms with van der Waals surface area (Å²) >= 11 is 1.67. The summed E-state index contributed by atoms with van der Waals surface area (Å²) in [5, 5.41) is 5.89. The number of thioether (sulfide) groups is 1. The molecule has 0 radical (unpaired) electrons. The van der Waals surface area contributed by atoms with E-state index in [2.05, 4.69) is 46.7 Å². The molecule has 2 aromatic carbocycles. The Morgan fingerprint density at radius 3 is 2.34 bits per heavy atom. The first-order chi connectivity index (χ1) is 15.5. The van der Waals surface area contributed by atoms with Gasteiger partial charge in [0.25, 0.3) is 5.91 Å². The molecule has 172 valence electrons. The van der Waals surface area contributed by atoms with Crippen molar-refractivity contribution in [3.05, 3.63) is 71.3 Å². The number of nitrogens with zero attached hydrogens (tertiary/aromatic N) is 1. The largest absolute Gasteiger partial charge is 0.350 e. The topological polar surface area (TPSA) is 61.4 Å². The molecular formula is C26H35N3O2S. The van der Waals surface area contributed by atoms with E-state index in [9.17, 15) is 9.59 Å². The first kappa shape index (κ1) is 24.3. The van der Waals surface area contributed by atoms with Gasteiger partial charge in [-0.15, -0.1) is 0 Å². The fourth-order valence-corrected chi connectivity index (χ4v) is 4.36. The number of carbonyl (C=O) groups excluding carboxylic acids is 2. The van der Waals surface area contributed by atoms with Crippen LogP contribution in [0, 0.1) is 5.92 Å². The lowest BCUT2D eigenvalue weighted by atomic mass is 9.99. The van der Waals surface area contributed by atoms with Gasteiger partial charge in [-0.2, -0.15) is 11.8 Å². The van der Waals surface area contributed by atoms with Crippen molar-refractivity contribution in [3.8, 4) is 0 Å². The summed E-state index contributed by atoms with van der Waals surface area (Å²) in [4.78, 5) is 27.8. The van der Waals surface area contributed by atoms with Crippen molar-refractivity contribution < 1.29 is 9.59 Å². The minimum Gasteiger partial charge on any atom is -0.350 e. The fourth-order valence-electron chi connectivity index (χ4n) is 3.89. The second-order valence-corrected chi connectivity index (χ2v) is 9.65. The van der Waals surface area contributed by atoms with Gasteiger partial charge in [0, 0.05) is 18.7 Å². The first-order valence-corrected chi connectivity index (χ1v) is 12.9. The van der Waals surface area contributed by atoms with Gasteiger partial charge in [-0.05, 0) is 73.5 Å². The predicted molar refractivity (Wildman–Crippen MR) is 133 cm³/mol. The number of amides is 2. The minimum atomic E-state index is -0.545. The molecule has 0 spiro atoms. The highest BCUT2D eigenvalue weighted by atomic mass is 32.2. The zero-order valence-electron chi connectivity index (χ0n) is 19.2. The highest BCUT2D eigenvalue weighted by molar-refractivity contribution is 7.98. The standard InChI is InChI=1S/C26H35N3O2S/c1-20-12-15-29(16-13-20)19-22-10-8-21(9-11-22)18-27-26(31)24(14-17-32-2)28-25(30)23-6-4-3-5-7-23/h3-11,20,24H,12-19H2,1-2H3,(H,27,31)(H,28,30)/t24-/m1/s1. The van der Waals surface area contributed by atoms with E-state index in [1.54, 1.807) is 23.9 Å². The lowest BCUT2D eigenvalue weighted by molar-refractivity contribution is -0.123. The molecule has 0 saturated carbocycles. The maximum absolute atomic E-state index is 12.8. The van der Waals surface area contributed by atoms with Crippen LogP contribution in [-0.2, 0) is 17.9 Å². The van der Waals surface area contributed by atoms with Crippen LogP contribution < -0.4 is 10.6 Å². The summed E-state index contributed by atoms with van der Waals surface area (Å²) in [5.74, 6) is 1.28. The van der Waals surface area contributed by atoms with E-state index in [-0.39, 0.29) is 11.8 Å². The van der Waals surface area contributed by atoms with Crippen molar-refractivity contribution in [2.24, 2.45) is 5.92 Å².